The van der Waals surface area contributed by atoms with E-state index in [1.54, 1.807) is 38.1 Å². The first-order valence-corrected chi connectivity index (χ1v) is 10.9. The molecule has 2 heterocycles. The average molecular weight is 482 g/mol. The average Bonchev–Trinajstić information content (AvgIpc) is 2.83. The fourth-order valence-corrected chi connectivity index (χ4v) is 3.81. The van der Waals surface area contributed by atoms with E-state index in [4.69, 9.17) is 18.3 Å². The van der Waals surface area contributed by atoms with Gasteiger partial charge in [0.1, 0.15) is 22.7 Å². The Morgan fingerprint density at radius 1 is 0.583 bits per heavy atom. The summed E-state index contributed by atoms with van der Waals surface area (Å²) < 4.78 is 21.1. The molecule has 0 aliphatic carbocycles. The van der Waals surface area contributed by atoms with Crippen LogP contribution in [-0.4, -0.2) is 11.9 Å². The van der Waals surface area contributed by atoms with Gasteiger partial charge in [-0.3, -0.25) is 0 Å². The Kier molecular flexibility index (Phi) is 5.69. The zero-order chi connectivity index (χ0) is 25.4. The van der Waals surface area contributed by atoms with Gasteiger partial charge in [-0.15, -0.1) is 0 Å². The summed E-state index contributed by atoms with van der Waals surface area (Å²) in [5.74, 6) is -0.876. The van der Waals surface area contributed by atoms with Gasteiger partial charge >= 0.3 is 23.2 Å². The smallest absolute Gasteiger partial charge is 0.343 e. The van der Waals surface area contributed by atoms with Crippen molar-refractivity contribution in [3.63, 3.8) is 0 Å². The number of esters is 2. The van der Waals surface area contributed by atoms with Crippen molar-refractivity contribution in [2.24, 2.45) is 0 Å². The third-order valence-electron chi connectivity index (χ3n) is 5.62. The van der Waals surface area contributed by atoms with Crippen molar-refractivity contribution < 1.29 is 27.9 Å². The second-order valence-electron chi connectivity index (χ2n) is 8.17. The van der Waals surface area contributed by atoms with E-state index in [0.717, 1.165) is 21.9 Å². The van der Waals surface area contributed by atoms with Crippen molar-refractivity contribution in [2.45, 2.75) is 13.8 Å². The molecule has 0 N–H and O–H groups in total. The quantitative estimate of drug-likeness (QED) is 0.201. The molecular formula is C28H18O8. The van der Waals surface area contributed by atoms with Gasteiger partial charge in [-0.2, -0.15) is 0 Å². The van der Waals surface area contributed by atoms with Gasteiger partial charge in [-0.05, 0) is 73.5 Å². The number of rotatable bonds is 4. The lowest BCUT2D eigenvalue weighted by atomic mass is 10.1. The highest BCUT2D eigenvalue weighted by atomic mass is 16.5. The zero-order valence-electron chi connectivity index (χ0n) is 19.2. The van der Waals surface area contributed by atoms with Crippen LogP contribution in [-0.2, 0) is 0 Å². The first kappa shape index (κ1) is 22.8. The zero-order valence-corrected chi connectivity index (χ0v) is 19.2. The van der Waals surface area contributed by atoms with Gasteiger partial charge in [0.25, 0.3) is 0 Å². The molecule has 8 nitrogen and oxygen atoms in total. The van der Waals surface area contributed by atoms with Crippen LogP contribution in [0.4, 0.5) is 0 Å². The fourth-order valence-electron chi connectivity index (χ4n) is 3.81. The summed E-state index contributed by atoms with van der Waals surface area (Å²) in [6.45, 7) is 3.58. The van der Waals surface area contributed by atoms with E-state index in [1.165, 1.54) is 48.5 Å². The largest absolute Gasteiger partial charge is 0.423 e. The fraction of sp³-hybridized carbons (Fsp3) is 0.0714. The second-order valence-corrected chi connectivity index (χ2v) is 8.17. The molecule has 178 valence electrons. The molecule has 0 bridgehead atoms. The van der Waals surface area contributed by atoms with E-state index >= 15 is 0 Å². The van der Waals surface area contributed by atoms with Gasteiger partial charge < -0.3 is 18.3 Å². The van der Waals surface area contributed by atoms with Crippen LogP contribution in [0.3, 0.4) is 0 Å². The van der Waals surface area contributed by atoms with Crippen LogP contribution < -0.4 is 20.7 Å². The Hall–Kier alpha value is -4.98. The number of aryl methyl sites for hydroxylation is 2. The van der Waals surface area contributed by atoms with Crippen LogP contribution >= 0.6 is 0 Å². The van der Waals surface area contributed by atoms with Crippen molar-refractivity contribution in [3.8, 4) is 11.5 Å². The van der Waals surface area contributed by atoms with Gasteiger partial charge in [0.05, 0.1) is 11.1 Å². The predicted molar refractivity (Wildman–Crippen MR) is 131 cm³/mol. The summed E-state index contributed by atoms with van der Waals surface area (Å²) in [4.78, 5) is 48.4. The van der Waals surface area contributed by atoms with Crippen molar-refractivity contribution >= 4 is 33.9 Å². The van der Waals surface area contributed by atoms with Crippen LogP contribution in [0.5, 0.6) is 11.5 Å². The molecule has 0 radical (unpaired) electrons. The minimum Gasteiger partial charge on any atom is -0.423 e. The molecule has 5 aromatic rings. The van der Waals surface area contributed by atoms with E-state index in [-0.39, 0.29) is 22.6 Å². The molecule has 2 aromatic heterocycles. The minimum atomic E-state index is -0.649. The molecule has 0 atom stereocenters. The Morgan fingerprint density at radius 3 is 1.36 bits per heavy atom. The predicted octanol–water partition coefficient (Wildman–Crippen LogP) is 4.95. The number of fused-ring (bicyclic) bond motifs is 2. The highest BCUT2D eigenvalue weighted by molar-refractivity contribution is 5.95. The summed E-state index contributed by atoms with van der Waals surface area (Å²) in [5, 5.41) is 1.47. The standard InChI is InChI=1S/C28H18O8/c1-15-11-25(29)35-23-13-19(7-9-21(15)23)33-27(31)17-3-5-18(6-4-17)28(32)34-20-8-10-22-16(2)12-26(30)36-24(22)14-20/h3-14H,1-2H3. The molecule has 0 unspecified atom stereocenters. The molecule has 8 heteroatoms. The van der Waals surface area contributed by atoms with Crippen molar-refractivity contribution in [2.75, 3.05) is 0 Å². The van der Waals surface area contributed by atoms with E-state index in [0.29, 0.717) is 11.2 Å². The maximum atomic E-state index is 12.6. The molecule has 0 aliphatic heterocycles. The number of hydrogen-bond acceptors (Lipinski definition) is 8. The molecule has 36 heavy (non-hydrogen) atoms. The number of hydrogen-bond donors (Lipinski definition) is 0. The molecule has 0 aliphatic rings. The second kappa shape index (κ2) is 8.99. The van der Waals surface area contributed by atoms with Crippen molar-refractivity contribution in [1.29, 1.82) is 0 Å². The van der Waals surface area contributed by atoms with Crippen molar-refractivity contribution in [3.05, 3.63) is 116 Å². The Bertz CT molecular complexity index is 1640. The van der Waals surface area contributed by atoms with Crippen molar-refractivity contribution in [1.82, 2.24) is 0 Å². The summed E-state index contributed by atoms with van der Waals surface area (Å²) in [7, 11) is 0. The number of benzene rings is 3. The van der Waals surface area contributed by atoms with Crippen LogP contribution in [0.2, 0.25) is 0 Å². The monoisotopic (exact) mass is 482 g/mol. The first-order chi connectivity index (χ1) is 17.3. The van der Waals surface area contributed by atoms with Crippen LogP contribution in [0.25, 0.3) is 21.9 Å². The van der Waals surface area contributed by atoms with E-state index < -0.39 is 23.2 Å². The lowest BCUT2D eigenvalue weighted by Crippen LogP contribution is -2.11. The maximum absolute atomic E-state index is 12.6. The third kappa shape index (κ3) is 4.52. The molecule has 0 amide bonds. The lowest BCUT2D eigenvalue weighted by Gasteiger charge is -2.08. The van der Waals surface area contributed by atoms with Gasteiger partial charge in [-0.1, -0.05) is 0 Å². The topological polar surface area (TPSA) is 113 Å². The summed E-state index contributed by atoms with van der Waals surface area (Å²) >= 11 is 0. The van der Waals surface area contributed by atoms with Crippen LogP contribution in [0.15, 0.2) is 91.2 Å². The van der Waals surface area contributed by atoms with Gasteiger partial charge in [0, 0.05) is 35.0 Å². The Labute approximate surface area is 203 Å². The molecule has 5 rings (SSSR count). The normalized spacial score (nSPS) is 10.9. The molecule has 0 fully saturated rings. The minimum absolute atomic E-state index is 0.209. The van der Waals surface area contributed by atoms with Gasteiger partial charge in [-0.25, -0.2) is 19.2 Å². The molecule has 0 spiro atoms. The Balaban J connectivity index is 1.30. The van der Waals surface area contributed by atoms with E-state index in [1.807, 2.05) is 0 Å². The number of carbonyl (C=O) groups is 2. The molecular weight excluding hydrogens is 464 g/mol. The molecule has 3 aromatic carbocycles. The maximum Gasteiger partial charge on any atom is 0.343 e. The lowest BCUT2D eigenvalue weighted by molar-refractivity contribution is 0.0720. The summed E-state index contributed by atoms with van der Waals surface area (Å²) in [5.41, 5.74) is 1.57. The third-order valence-corrected chi connectivity index (χ3v) is 5.62. The van der Waals surface area contributed by atoms with E-state index in [9.17, 15) is 19.2 Å². The molecule has 0 saturated carbocycles. The number of carbonyl (C=O) groups excluding carboxylic acids is 2. The highest BCUT2D eigenvalue weighted by Crippen LogP contribution is 2.24. The number of ether oxygens (including phenoxy) is 2. The summed E-state index contributed by atoms with van der Waals surface area (Å²) in [6.07, 6.45) is 0. The Morgan fingerprint density at radius 2 is 0.972 bits per heavy atom. The highest BCUT2D eigenvalue weighted by Gasteiger charge is 2.14. The van der Waals surface area contributed by atoms with E-state index in [2.05, 4.69) is 0 Å². The summed E-state index contributed by atoms with van der Waals surface area (Å²) in [6, 6.07) is 18.1. The molecule has 0 saturated heterocycles. The van der Waals surface area contributed by atoms with Crippen LogP contribution in [0, 0.1) is 13.8 Å². The van der Waals surface area contributed by atoms with Crippen LogP contribution in [0.1, 0.15) is 31.8 Å². The first-order valence-electron chi connectivity index (χ1n) is 10.9. The SMILES string of the molecule is Cc1cc(=O)oc2cc(OC(=O)c3ccc(C(=O)Oc4ccc5c(C)cc(=O)oc5c4)cc3)ccc12. The van der Waals surface area contributed by atoms with Gasteiger partial charge in [0.2, 0.25) is 0 Å². The van der Waals surface area contributed by atoms with Gasteiger partial charge in [0.15, 0.2) is 0 Å².